The first kappa shape index (κ1) is 6.60. The summed E-state index contributed by atoms with van der Waals surface area (Å²) in [6.07, 6.45) is 0. The molecule has 0 saturated heterocycles. The zero-order valence-corrected chi connectivity index (χ0v) is 6.38. The molecular weight excluding hydrogens is 154 g/mol. The van der Waals surface area contributed by atoms with Crippen LogP contribution in [0.25, 0.3) is 0 Å². The summed E-state index contributed by atoms with van der Waals surface area (Å²) in [6.45, 7) is 1.93. The van der Waals surface area contributed by atoms with E-state index >= 15 is 0 Å². The Hall–Kier alpha value is -0.520. The quantitative estimate of drug-likeness (QED) is 0.568. The normalized spacial score (nSPS) is 9.00. The molecule has 1 nitrogen and oxygen atoms in total. The summed E-state index contributed by atoms with van der Waals surface area (Å²) >= 11 is 7.05. The van der Waals surface area contributed by atoms with Gasteiger partial charge in [-0.2, -0.15) is 5.26 Å². The van der Waals surface area contributed by atoms with Crippen molar-refractivity contribution in [3.05, 3.63) is 20.8 Å². The predicted molar refractivity (Wildman–Crippen MR) is 38.8 cm³/mol. The highest BCUT2D eigenvalue weighted by molar-refractivity contribution is 7.13. The largest absolute Gasteiger partial charge is 0.191 e. The fourth-order valence-electron chi connectivity index (χ4n) is 0.559. The van der Waals surface area contributed by atoms with E-state index in [1.165, 1.54) is 11.3 Å². The van der Waals surface area contributed by atoms with Crippen LogP contribution in [0.1, 0.15) is 9.75 Å². The van der Waals surface area contributed by atoms with Gasteiger partial charge in [0, 0.05) is 4.88 Å². The van der Waals surface area contributed by atoms with Gasteiger partial charge in [-0.15, -0.1) is 11.3 Å². The Morgan fingerprint density at radius 1 is 1.78 bits per heavy atom. The summed E-state index contributed by atoms with van der Waals surface area (Å²) in [6, 6.07) is 3.80. The molecule has 1 rings (SSSR count). The van der Waals surface area contributed by atoms with E-state index in [4.69, 9.17) is 16.9 Å². The number of hydrogen-bond donors (Lipinski definition) is 0. The van der Waals surface area contributed by atoms with Crippen LogP contribution in [0.5, 0.6) is 0 Å². The summed E-state index contributed by atoms with van der Waals surface area (Å²) in [5, 5.41) is 8.98. The summed E-state index contributed by atoms with van der Waals surface area (Å²) in [5.41, 5.74) is 0. The van der Waals surface area contributed by atoms with Gasteiger partial charge in [0.2, 0.25) is 0 Å². The Bertz CT molecular complexity index is 259. The third kappa shape index (κ3) is 1.24. The summed E-state index contributed by atoms with van der Waals surface area (Å²) in [4.78, 5) is 1.69. The monoisotopic (exact) mass is 157 g/mol. The van der Waals surface area contributed by atoms with Crippen LogP contribution in [-0.4, -0.2) is 0 Å². The van der Waals surface area contributed by atoms with Crippen molar-refractivity contribution in [1.29, 1.82) is 5.26 Å². The first-order chi connectivity index (χ1) is 4.24. The molecule has 1 heterocycles. The third-order valence-electron chi connectivity index (χ3n) is 0.911. The average Bonchev–Trinajstić information content (AvgIpc) is 2.10. The second kappa shape index (κ2) is 2.38. The van der Waals surface area contributed by atoms with E-state index in [9.17, 15) is 0 Å². The van der Waals surface area contributed by atoms with Gasteiger partial charge in [0.25, 0.3) is 0 Å². The lowest BCUT2D eigenvalue weighted by Crippen LogP contribution is -1.57. The van der Waals surface area contributed by atoms with Gasteiger partial charge >= 0.3 is 0 Å². The molecule has 0 spiro atoms. The van der Waals surface area contributed by atoms with E-state index in [1.807, 2.05) is 13.0 Å². The van der Waals surface area contributed by atoms with Crippen molar-refractivity contribution in [3.8, 4) is 6.07 Å². The lowest BCUT2D eigenvalue weighted by atomic mass is 10.4. The van der Waals surface area contributed by atoms with E-state index < -0.39 is 0 Å². The van der Waals surface area contributed by atoms with Gasteiger partial charge < -0.3 is 0 Å². The molecule has 0 fully saturated rings. The van der Waals surface area contributed by atoms with Crippen LogP contribution in [-0.2, 0) is 0 Å². The maximum Gasteiger partial charge on any atom is 0.123 e. The molecule has 46 valence electrons. The number of hydrogen-bond acceptors (Lipinski definition) is 2. The topological polar surface area (TPSA) is 23.8 Å². The highest BCUT2D eigenvalue weighted by atomic mass is 35.5. The lowest BCUT2D eigenvalue weighted by Gasteiger charge is -1.73. The predicted octanol–water partition coefficient (Wildman–Crippen LogP) is 2.58. The van der Waals surface area contributed by atoms with Crippen molar-refractivity contribution in [2.45, 2.75) is 6.92 Å². The Morgan fingerprint density at radius 2 is 2.44 bits per heavy atom. The van der Waals surface area contributed by atoms with Crippen LogP contribution in [0.2, 0.25) is 5.02 Å². The van der Waals surface area contributed by atoms with Crippen molar-refractivity contribution in [3.63, 3.8) is 0 Å². The summed E-state index contributed by atoms with van der Waals surface area (Å²) < 4.78 is 0. The van der Waals surface area contributed by atoms with Crippen LogP contribution in [0, 0.1) is 18.3 Å². The molecule has 0 aliphatic carbocycles. The van der Waals surface area contributed by atoms with Crippen molar-refractivity contribution in [1.82, 2.24) is 0 Å². The molecule has 0 N–H and O–H groups in total. The SMILES string of the molecule is Cc1cc(Cl)c(C#N)s1. The Labute approximate surface area is 62.5 Å². The minimum Gasteiger partial charge on any atom is -0.191 e. The van der Waals surface area contributed by atoms with E-state index in [0.717, 1.165) is 4.88 Å². The van der Waals surface area contributed by atoms with E-state index in [2.05, 4.69) is 0 Å². The number of aryl methyl sites for hydroxylation is 1. The molecular formula is C6H4ClNS. The fraction of sp³-hybridized carbons (Fsp3) is 0.167. The number of nitriles is 1. The van der Waals surface area contributed by atoms with Crippen LogP contribution >= 0.6 is 22.9 Å². The maximum atomic E-state index is 8.41. The molecule has 0 radical (unpaired) electrons. The number of halogens is 1. The van der Waals surface area contributed by atoms with Crippen LogP contribution in [0.15, 0.2) is 6.07 Å². The van der Waals surface area contributed by atoms with Crippen LogP contribution < -0.4 is 0 Å². The number of nitrogens with zero attached hydrogens (tertiary/aromatic N) is 1. The van der Waals surface area contributed by atoms with E-state index in [0.29, 0.717) is 9.90 Å². The molecule has 1 aromatic rings. The molecule has 0 saturated carbocycles. The molecule has 0 amide bonds. The second-order valence-corrected chi connectivity index (χ2v) is 3.31. The standard InChI is InChI=1S/C6H4ClNS/c1-4-2-5(7)6(3-8)9-4/h2H,1H3. The van der Waals surface area contributed by atoms with E-state index in [-0.39, 0.29) is 0 Å². The van der Waals surface area contributed by atoms with Crippen molar-refractivity contribution in [2.24, 2.45) is 0 Å². The highest BCUT2D eigenvalue weighted by Gasteiger charge is 2.01. The summed E-state index contributed by atoms with van der Waals surface area (Å²) in [5.74, 6) is 0. The minimum absolute atomic E-state index is 0.569. The smallest absolute Gasteiger partial charge is 0.123 e. The minimum atomic E-state index is 0.569. The Morgan fingerprint density at radius 3 is 2.67 bits per heavy atom. The first-order valence-electron chi connectivity index (χ1n) is 2.40. The van der Waals surface area contributed by atoms with E-state index in [1.54, 1.807) is 6.07 Å². The van der Waals surface area contributed by atoms with Gasteiger partial charge in [-0.3, -0.25) is 0 Å². The zero-order valence-electron chi connectivity index (χ0n) is 4.81. The van der Waals surface area contributed by atoms with Gasteiger partial charge in [0.15, 0.2) is 0 Å². The highest BCUT2D eigenvalue weighted by Crippen LogP contribution is 2.24. The molecule has 0 atom stereocenters. The summed E-state index contributed by atoms with van der Waals surface area (Å²) in [7, 11) is 0. The average molecular weight is 158 g/mol. The molecule has 0 aliphatic heterocycles. The molecule has 0 aliphatic rings. The molecule has 9 heavy (non-hydrogen) atoms. The zero-order chi connectivity index (χ0) is 6.85. The van der Waals surface area contributed by atoms with Gasteiger partial charge in [-0.25, -0.2) is 0 Å². The van der Waals surface area contributed by atoms with Gasteiger partial charge in [0.05, 0.1) is 5.02 Å². The number of rotatable bonds is 0. The molecule has 0 bridgehead atoms. The fourth-order valence-corrected chi connectivity index (χ4v) is 1.65. The molecule has 3 heteroatoms. The second-order valence-electron chi connectivity index (χ2n) is 1.65. The van der Waals surface area contributed by atoms with Crippen LogP contribution in [0.3, 0.4) is 0 Å². The maximum absolute atomic E-state index is 8.41. The molecule has 0 unspecified atom stereocenters. The van der Waals surface area contributed by atoms with Gasteiger partial charge in [0.1, 0.15) is 10.9 Å². The molecule has 0 aromatic carbocycles. The third-order valence-corrected chi connectivity index (χ3v) is 2.28. The van der Waals surface area contributed by atoms with Gasteiger partial charge in [-0.05, 0) is 13.0 Å². The number of thiophene rings is 1. The van der Waals surface area contributed by atoms with Crippen LogP contribution in [0.4, 0.5) is 0 Å². The van der Waals surface area contributed by atoms with Gasteiger partial charge in [-0.1, -0.05) is 11.6 Å². The van der Waals surface area contributed by atoms with Crippen molar-refractivity contribution >= 4 is 22.9 Å². The Kier molecular flexibility index (Phi) is 1.75. The van der Waals surface area contributed by atoms with Crippen molar-refractivity contribution < 1.29 is 0 Å². The Balaban J connectivity index is 3.20. The first-order valence-corrected chi connectivity index (χ1v) is 3.59. The lowest BCUT2D eigenvalue weighted by molar-refractivity contribution is 1.52. The molecule has 1 aromatic heterocycles. The van der Waals surface area contributed by atoms with Crippen molar-refractivity contribution in [2.75, 3.05) is 0 Å².